The van der Waals surface area contributed by atoms with Crippen molar-refractivity contribution in [3.8, 4) is 0 Å². The molecule has 0 bridgehead atoms. The van der Waals surface area contributed by atoms with Crippen molar-refractivity contribution in [1.29, 1.82) is 0 Å². The van der Waals surface area contributed by atoms with Crippen LogP contribution in [0, 0.1) is 0 Å². The summed E-state index contributed by atoms with van der Waals surface area (Å²) in [7, 11) is 3.10. The summed E-state index contributed by atoms with van der Waals surface area (Å²) in [6.07, 6.45) is 2.22. The van der Waals surface area contributed by atoms with Gasteiger partial charge < -0.3 is 4.74 Å². The smallest absolute Gasteiger partial charge is 0.377 e. The second kappa shape index (κ2) is 5.40. The fourth-order valence-corrected chi connectivity index (χ4v) is 2.05. The van der Waals surface area contributed by atoms with Crippen LogP contribution >= 0.6 is 11.6 Å². The van der Waals surface area contributed by atoms with Crippen molar-refractivity contribution in [3.63, 3.8) is 0 Å². The summed E-state index contributed by atoms with van der Waals surface area (Å²) in [5.74, 6) is -0.541. The predicted octanol–water partition coefficient (Wildman–Crippen LogP) is 1.06. The number of hydrogen-bond acceptors (Lipinski definition) is 5. The van der Waals surface area contributed by atoms with E-state index in [9.17, 15) is 4.79 Å². The zero-order valence-corrected chi connectivity index (χ0v) is 11.7. The fourth-order valence-electron chi connectivity index (χ4n) is 1.70. The number of carbonyl (C=O) groups excluding carboxylic acids is 1. The normalized spacial score (nSPS) is 10.7. The van der Waals surface area contributed by atoms with Crippen LogP contribution in [0.5, 0.6) is 0 Å². The van der Waals surface area contributed by atoms with Gasteiger partial charge in [0.25, 0.3) is 5.82 Å². The highest BCUT2D eigenvalue weighted by atomic mass is 35.5. The molecule has 8 heteroatoms. The SMILES string of the molecule is CCc1nn(C)c(Cn2cnc(C(=O)OC)n2)c1Cl. The molecule has 0 atom stereocenters. The summed E-state index contributed by atoms with van der Waals surface area (Å²) < 4.78 is 7.78. The van der Waals surface area contributed by atoms with E-state index in [1.165, 1.54) is 18.1 Å². The monoisotopic (exact) mass is 283 g/mol. The van der Waals surface area contributed by atoms with Gasteiger partial charge in [-0.05, 0) is 6.42 Å². The van der Waals surface area contributed by atoms with Gasteiger partial charge in [0.05, 0.1) is 30.1 Å². The highest BCUT2D eigenvalue weighted by Crippen LogP contribution is 2.21. The number of methoxy groups -OCH3 is 1. The van der Waals surface area contributed by atoms with E-state index in [0.717, 1.165) is 17.8 Å². The number of aryl methyl sites for hydroxylation is 2. The van der Waals surface area contributed by atoms with Crippen molar-refractivity contribution in [2.75, 3.05) is 7.11 Å². The number of ether oxygens (including phenoxy) is 1. The molecular weight excluding hydrogens is 270 g/mol. The van der Waals surface area contributed by atoms with Crippen LogP contribution in [0.25, 0.3) is 0 Å². The molecule has 0 fully saturated rings. The Labute approximate surface area is 115 Å². The van der Waals surface area contributed by atoms with Gasteiger partial charge >= 0.3 is 5.97 Å². The molecule has 0 aromatic carbocycles. The summed E-state index contributed by atoms with van der Waals surface area (Å²) in [4.78, 5) is 15.1. The van der Waals surface area contributed by atoms with Crippen molar-refractivity contribution in [1.82, 2.24) is 24.5 Å². The number of aromatic nitrogens is 5. The van der Waals surface area contributed by atoms with Gasteiger partial charge in [-0.15, -0.1) is 5.10 Å². The summed E-state index contributed by atoms with van der Waals surface area (Å²) in [6.45, 7) is 2.38. The lowest BCUT2D eigenvalue weighted by molar-refractivity contribution is 0.0586. The molecule has 7 nitrogen and oxygen atoms in total. The molecule has 0 saturated heterocycles. The van der Waals surface area contributed by atoms with Gasteiger partial charge in [0.1, 0.15) is 6.33 Å². The Morgan fingerprint density at radius 3 is 2.79 bits per heavy atom. The maximum absolute atomic E-state index is 11.3. The van der Waals surface area contributed by atoms with E-state index >= 15 is 0 Å². The lowest BCUT2D eigenvalue weighted by Crippen LogP contribution is -2.09. The molecule has 2 aromatic heterocycles. The minimum absolute atomic E-state index is 0.0245. The maximum atomic E-state index is 11.3. The van der Waals surface area contributed by atoms with Gasteiger partial charge in [0.2, 0.25) is 0 Å². The molecule has 0 amide bonds. The zero-order chi connectivity index (χ0) is 14.0. The highest BCUT2D eigenvalue weighted by molar-refractivity contribution is 6.31. The number of carbonyl (C=O) groups is 1. The molecule has 102 valence electrons. The quantitative estimate of drug-likeness (QED) is 0.785. The minimum Gasteiger partial charge on any atom is -0.463 e. The van der Waals surface area contributed by atoms with Crippen LogP contribution in [-0.4, -0.2) is 37.6 Å². The van der Waals surface area contributed by atoms with E-state index in [4.69, 9.17) is 11.6 Å². The van der Waals surface area contributed by atoms with E-state index < -0.39 is 5.97 Å². The Kier molecular flexibility index (Phi) is 3.84. The Bertz CT molecular complexity index is 604. The Morgan fingerprint density at radius 1 is 1.47 bits per heavy atom. The molecule has 0 saturated carbocycles. The first kappa shape index (κ1) is 13.5. The molecule has 2 heterocycles. The Balaban J connectivity index is 2.24. The van der Waals surface area contributed by atoms with Crippen molar-refractivity contribution in [2.24, 2.45) is 7.05 Å². The number of rotatable bonds is 4. The van der Waals surface area contributed by atoms with Crippen molar-refractivity contribution < 1.29 is 9.53 Å². The molecule has 19 heavy (non-hydrogen) atoms. The molecular formula is C11H14ClN5O2. The van der Waals surface area contributed by atoms with Gasteiger partial charge in [-0.3, -0.25) is 4.68 Å². The molecule has 0 radical (unpaired) electrons. The lowest BCUT2D eigenvalue weighted by Gasteiger charge is -2.02. The number of hydrogen-bond donors (Lipinski definition) is 0. The molecule has 2 aromatic rings. The minimum atomic E-state index is -0.566. The van der Waals surface area contributed by atoms with Crippen molar-refractivity contribution in [2.45, 2.75) is 19.9 Å². The molecule has 0 unspecified atom stereocenters. The standard InChI is InChI=1S/C11H14ClN5O2/c1-4-7-9(12)8(16(2)14-7)5-17-6-13-10(15-17)11(18)19-3/h6H,4-5H2,1-3H3. The van der Waals surface area contributed by atoms with Gasteiger partial charge in [-0.25, -0.2) is 14.5 Å². The van der Waals surface area contributed by atoms with E-state index in [-0.39, 0.29) is 5.82 Å². The van der Waals surface area contributed by atoms with Gasteiger partial charge in [-0.2, -0.15) is 5.10 Å². The van der Waals surface area contributed by atoms with Crippen LogP contribution in [-0.2, 0) is 24.8 Å². The number of esters is 1. The van der Waals surface area contributed by atoms with Gasteiger partial charge in [0.15, 0.2) is 0 Å². The average Bonchev–Trinajstić information content (AvgIpc) is 2.98. The van der Waals surface area contributed by atoms with Crippen LogP contribution in [0.15, 0.2) is 6.33 Å². The molecule has 0 aliphatic carbocycles. The first-order chi connectivity index (χ1) is 9.06. The highest BCUT2D eigenvalue weighted by Gasteiger charge is 2.16. The molecule has 0 spiro atoms. The zero-order valence-electron chi connectivity index (χ0n) is 10.9. The number of nitrogens with zero attached hydrogens (tertiary/aromatic N) is 5. The van der Waals surface area contributed by atoms with Crippen LogP contribution in [0.2, 0.25) is 5.02 Å². The first-order valence-corrected chi connectivity index (χ1v) is 6.12. The third-order valence-corrected chi connectivity index (χ3v) is 3.16. The summed E-state index contributed by atoms with van der Waals surface area (Å²) in [5, 5.41) is 8.96. The Hall–Kier alpha value is -1.89. The van der Waals surface area contributed by atoms with E-state index in [2.05, 4.69) is 19.9 Å². The summed E-state index contributed by atoms with van der Waals surface area (Å²) >= 11 is 6.24. The largest absolute Gasteiger partial charge is 0.463 e. The van der Waals surface area contributed by atoms with Crippen molar-refractivity contribution >= 4 is 17.6 Å². The van der Waals surface area contributed by atoms with Crippen LogP contribution in [0.1, 0.15) is 28.9 Å². The van der Waals surface area contributed by atoms with E-state index in [1.807, 2.05) is 14.0 Å². The van der Waals surface area contributed by atoms with E-state index in [0.29, 0.717) is 11.6 Å². The van der Waals surface area contributed by atoms with Gasteiger partial charge in [0, 0.05) is 7.05 Å². The second-order valence-electron chi connectivity index (χ2n) is 3.94. The maximum Gasteiger partial charge on any atom is 0.377 e. The third-order valence-electron chi connectivity index (χ3n) is 2.72. The molecule has 2 rings (SSSR count). The first-order valence-electron chi connectivity index (χ1n) is 5.74. The molecule has 0 N–H and O–H groups in total. The summed E-state index contributed by atoms with van der Waals surface area (Å²) in [6, 6.07) is 0. The fraction of sp³-hybridized carbons (Fsp3) is 0.455. The van der Waals surface area contributed by atoms with Crippen LogP contribution in [0.4, 0.5) is 0 Å². The van der Waals surface area contributed by atoms with Crippen molar-refractivity contribution in [3.05, 3.63) is 28.6 Å². The topological polar surface area (TPSA) is 74.8 Å². The van der Waals surface area contributed by atoms with Gasteiger partial charge in [-0.1, -0.05) is 18.5 Å². The summed E-state index contributed by atoms with van der Waals surface area (Å²) in [5.41, 5.74) is 1.66. The predicted molar refractivity (Wildman–Crippen MR) is 68.1 cm³/mol. The van der Waals surface area contributed by atoms with Crippen LogP contribution in [0.3, 0.4) is 0 Å². The molecule has 0 aliphatic heterocycles. The Morgan fingerprint density at radius 2 is 2.21 bits per heavy atom. The molecule has 0 aliphatic rings. The van der Waals surface area contributed by atoms with E-state index in [1.54, 1.807) is 4.68 Å². The third kappa shape index (κ3) is 2.60. The number of halogens is 1. The lowest BCUT2D eigenvalue weighted by atomic mass is 10.3. The average molecular weight is 284 g/mol. The van der Waals surface area contributed by atoms with Crippen LogP contribution < -0.4 is 0 Å². The second-order valence-corrected chi connectivity index (χ2v) is 4.32.